The van der Waals surface area contributed by atoms with Crippen LogP contribution >= 0.6 is 35.4 Å². The van der Waals surface area contributed by atoms with E-state index in [1.54, 1.807) is 32.0 Å². The van der Waals surface area contributed by atoms with Gasteiger partial charge >= 0.3 is 11.9 Å². The number of azo groups is 1. The predicted octanol–water partition coefficient (Wildman–Crippen LogP) is 4.60. The summed E-state index contributed by atoms with van der Waals surface area (Å²) < 4.78 is 10.4. The minimum absolute atomic E-state index is 0.0248. The second-order valence-corrected chi connectivity index (χ2v) is 9.47. The molecule has 0 aliphatic rings. The number of anilines is 2. The summed E-state index contributed by atoms with van der Waals surface area (Å²) in [6.45, 7) is 5.62. The molecule has 39 heavy (non-hydrogen) atoms. The lowest BCUT2D eigenvalue weighted by molar-refractivity contribution is -0.143. The van der Waals surface area contributed by atoms with Crippen LogP contribution in [-0.2, 0) is 23.9 Å². The number of carbonyl (C=O) groups is 3. The van der Waals surface area contributed by atoms with Crippen molar-refractivity contribution in [1.29, 1.82) is 5.26 Å². The van der Waals surface area contributed by atoms with E-state index in [0.717, 1.165) is 0 Å². The van der Waals surface area contributed by atoms with Crippen molar-refractivity contribution < 1.29 is 23.9 Å². The fraction of sp³-hybridized carbons (Fsp3) is 0.480. The van der Waals surface area contributed by atoms with Crippen LogP contribution in [0.3, 0.4) is 0 Å². The molecule has 0 aliphatic carbocycles. The van der Waals surface area contributed by atoms with E-state index in [-0.39, 0.29) is 84.7 Å². The number of benzene rings is 1. The van der Waals surface area contributed by atoms with Crippen LogP contribution in [0, 0.1) is 17.2 Å². The lowest BCUT2D eigenvalue weighted by Crippen LogP contribution is -2.32. The van der Waals surface area contributed by atoms with E-state index in [1.807, 2.05) is 11.0 Å². The summed E-state index contributed by atoms with van der Waals surface area (Å²) in [5.41, 5.74) is 7.14. The Kier molecular flexibility index (Phi) is 15.7. The number of halogens is 2. The number of nitrogens with zero attached hydrogens (tertiary/aromatic N) is 4. The van der Waals surface area contributed by atoms with Crippen molar-refractivity contribution in [2.24, 2.45) is 21.9 Å². The second-order valence-electron chi connectivity index (χ2n) is 8.33. The zero-order valence-electron chi connectivity index (χ0n) is 22.0. The van der Waals surface area contributed by atoms with E-state index in [9.17, 15) is 19.6 Å². The van der Waals surface area contributed by atoms with Crippen molar-refractivity contribution in [3.63, 3.8) is 0 Å². The van der Waals surface area contributed by atoms with Crippen LogP contribution in [0.15, 0.2) is 39.7 Å². The van der Waals surface area contributed by atoms with Gasteiger partial charge < -0.3 is 25.4 Å². The highest BCUT2D eigenvalue weighted by Crippen LogP contribution is 2.31. The van der Waals surface area contributed by atoms with Gasteiger partial charge in [-0.25, -0.2) is 0 Å². The van der Waals surface area contributed by atoms with Gasteiger partial charge in [-0.1, -0.05) is 26.1 Å². The van der Waals surface area contributed by atoms with E-state index < -0.39 is 11.9 Å². The maximum atomic E-state index is 12.5. The first kappa shape index (κ1) is 33.8. The first-order valence-corrected chi connectivity index (χ1v) is 13.5. The number of nitriles is 1. The number of ether oxygens (including phenoxy) is 2. The summed E-state index contributed by atoms with van der Waals surface area (Å²) >= 11 is 16.3. The summed E-state index contributed by atoms with van der Waals surface area (Å²) in [6.07, 6.45) is 0.161. The van der Waals surface area contributed by atoms with E-state index in [1.165, 1.54) is 6.92 Å². The Labute approximate surface area is 243 Å². The Bertz CT molecular complexity index is 1110. The lowest BCUT2D eigenvalue weighted by atomic mass is 10.1. The van der Waals surface area contributed by atoms with Crippen molar-refractivity contribution in [3.05, 3.63) is 29.5 Å². The molecule has 0 heterocycles. The largest absolute Gasteiger partial charge is 0.464 e. The highest BCUT2D eigenvalue weighted by molar-refractivity contribution is 7.80. The number of hydrogen-bond donors (Lipinski definition) is 2. The van der Waals surface area contributed by atoms with Crippen LogP contribution in [0.25, 0.3) is 0 Å². The van der Waals surface area contributed by atoms with Gasteiger partial charge in [0, 0.05) is 29.1 Å². The number of nitrogens with one attached hydrogen (secondary N) is 1. The molecule has 1 aromatic carbocycles. The molecule has 1 amide bonds. The van der Waals surface area contributed by atoms with Crippen LogP contribution in [0.5, 0.6) is 0 Å². The molecule has 1 rings (SSSR count). The smallest absolute Gasteiger partial charge is 0.307 e. The lowest BCUT2D eigenvalue weighted by Gasteiger charge is -2.25. The number of esters is 2. The normalized spacial score (nSPS) is 11.5. The minimum atomic E-state index is -0.436. The number of alkyl halides is 2. The van der Waals surface area contributed by atoms with E-state index in [4.69, 9.17) is 50.6 Å². The molecule has 3 N–H and O–H groups in total. The van der Waals surface area contributed by atoms with Crippen LogP contribution in [-0.4, -0.2) is 60.9 Å². The maximum Gasteiger partial charge on any atom is 0.307 e. The molecule has 0 aliphatic heterocycles. The average Bonchev–Trinajstić information content (AvgIpc) is 2.87. The van der Waals surface area contributed by atoms with Crippen molar-refractivity contribution in [1.82, 2.24) is 0 Å². The van der Waals surface area contributed by atoms with Crippen LogP contribution in [0.4, 0.5) is 17.1 Å². The number of thiocarbonyl (C=S) groups is 1. The van der Waals surface area contributed by atoms with Crippen molar-refractivity contribution in [2.75, 3.05) is 48.3 Å². The molecule has 0 spiro atoms. The van der Waals surface area contributed by atoms with Gasteiger partial charge in [-0.05, 0) is 25.1 Å². The molecule has 0 fully saturated rings. The van der Waals surface area contributed by atoms with E-state index in [2.05, 4.69) is 15.5 Å². The Balaban J connectivity index is 3.31. The third-order valence-electron chi connectivity index (χ3n) is 4.94. The Morgan fingerprint density at radius 1 is 1.13 bits per heavy atom. The molecular formula is C25H32Cl2N6O5S. The SMILES string of the molecule is CC(N)=C(C#N)C(=S)N=Nc1ccc(N(CCOC(=O)CCCl)CCOC(=O)CCCl)cc1NC(=O)C(C)C. The molecule has 0 saturated carbocycles. The van der Waals surface area contributed by atoms with E-state index >= 15 is 0 Å². The summed E-state index contributed by atoms with van der Waals surface area (Å²) in [5, 5.41) is 20.1. The molecule has 0 atom stereocenters. The molecule has 0 aromatic heterocycles. The zero-order valence-corrected chi connectivity index (χ0v) is 24.4. The van der Waals surface area contributed by atoms with Crippen LogP contribution in [0.2, 0.25) is 0 Å². The maximum absolute atomic E-state index is 12.5. The molecule has 0 bridgehead atoms. The van der Waals surface area contributed by atoms with Gasteiger partial charge in [0.2, 0.25) is 5.91 Å². The third-order valence-corrected chi connectivity index (χ3v) is 5.61. The Morgan fingerprint density at radius 3 is 2.15 bits per heavy atom. The zero-order chi connectivity index (χ0) is 29.4. The fourth-order valence-electron chi connectivity index (χ4n) is 2.85. The summed E-state index contributed by atoms with van der Waals surface area (Å²) in [5.74, 6) is -1.17. The number of allylic oxidation sites excluding steroid dienone is 1. The summed E-state index contributed by atoms with van der Waals surface area (Å²) in [4.78, 5) is 37.7. The number of carbonyl (C=O) groups excluding carboxylic acids is 3. The first-order valence-electron chi connectivity index (χ1n) is 12.0. The highest BCUT2D eigenvalue weighted by atomic mass is 35.5. The quantitative estimate of drug-likeness (QED) is 0.0734. The number of amides is 1. The fourth-order valence-corrected chi connectivity index (χ4v) is 3.40. The van der Waals surface area contributed by atoms with Gasteiger partial charge in [0.15, 0.2) is 4.99 Å². The summed E-state index contributed by atoms with van der Waals surface area (Å²) in [6, 6.07) is 6.86. The molecule has 14 heteroatoms. The van der Waals surface area contributed by atoms with Gasteiger partial charge in [0.1, 0.15) is 30.5 Å². The number of hydrogen-bond acceptors (Lipinski definition) is 10. The number of rotatable bonds is 15. The van der Waals surface area contributed by atoms with Crippen LogP contribution < -0.4 is 16.0 Å². The molecule has 0 unspecified atom stereocenters. The molecule has 212 valence electrons. The Hall–Kier alpha value is -3.27. The van der Waals surface area contributed by atoms with Gasteiger partial charge in [0.05, 0.1) is 31.6 Å². The highest BCUT2D eigenvalue weighted by Gasteiger charge is 2.16. The van der Waals surface area contributed by atoms with Crippen molar-refractivity contribution >= 4 is 75.3 Å². The van der Waals surface area contributed by atoms with Crippen molar-refractivity contribution in [3.8, 4) is 6.07 Å². The van der Waals surface area contributed by atoms with Gasteiger partial charge in [0.25, 0.3) is 0 Å². The monoisotopic (exact) mass is 598 g/mol. The standard InChI is InChI=1S/C25H32Cl2N6O5S/c1-16(2)24(36)30-21-14-18(4-5-20(21)31-32-25(39)19(15-28)17(3)29)33(10-12-37-22(34)6-8-26)11-13-38-23(35)7-9-27/h4-5,14,16H,6-13,29H2,1-3H3,(H,30,36). The molecule has 0 saturated heterocycles. The predicted molar refractivity (Wildman–Crippen MR) is 154 cm³/mol. The minimum Gasteiger partial charge on any atom is -0.464 e. The molecule has 11 nitrogen and oxygen atoms in total. The topological polar surface area (TPSA) is 159 Å². The number of nitrogens with two attached hydrogens (primary N) is 1. The average molecular weight is 600 g/mol. The molecular weight excluding hydrogens is 567 g/mol. The van der Waals surface area contributed by atoms with Crippen molar-refractivity contribution in [2.45, 2.75) is 33.6 Å². The van der Waals surface area contributed by atoms with Gasteiger partial charge in [-0.15, -0.1) is 33.4 Å². The third kappa shape index (κ3) is 12.4. The first-order chi connectivity index (χ1) is 18.5. The van der Waals surface area contributed by atoms with E-state index in [0.29, 0.717) is 11.4 Å². The molecule has 0 radical (unpaired) electrons. The summed E-state index contributed by atoms with van der Waals surface area (Å²) in [7, 11) is 0. The van der Waals surface area contributed by atoms with Crippen LogP contribution in [0.1, 0.15) is 33.6 Å². The van der Waals surface area contributed by atoms with Gasteiger partial charge in [-0.2, -0.15) is 5.26 Å². The van der Waals surface area contributed by atoms with Gasteiger partial charge in [-0.3, -0.25) is 14.4 Å². The molecule has 1 aromatic rings. The Morgan fingerprint density at radius 2 is 1.69 bits per heavy atom. The second kappa shape index (κ2) is 18.1.